The van der Waals surface area contributed by atoms with Crippen molar-refractivity contribution in [3.05, 3.63) is 62.9 Å². The maximum Gasteiger partial charge on any atom is 0.173 e. The maximum atomic E-state index is 14.1. The van der Waals surface area contributed by atoms with Crippen molar-refractivity contribution in [2.75, 3.05) is 5.01 Å². The number of halogens is 2. The molecule has 2 N–H and O–H groups in total. The van der Waals surface area contributed by atoms with E-state index in [4.69, 9.17) is 17.3 Å². The molecular weight excluding hydrogens is 419 g/mol. The number of nitrogens with zero attached hydrogens (tertiary/aromatic N) is 5. The van der Waals surface area contributed by atoms with E-state index in [1.807, 2.05) is 18.4 Å². The van der Waals surface area contributed by atoms with Gasteiger partial charge in [0.25, 0.3) is 0 Å². The highest BCUT2D eigenvalue weighted by Crippen LogP contribution is 2.35. The fourth-order valence-corrected chi connectivity index (χ4v) is 4.89. The Morgan fingerprint density at radius 1 is 1.36 bits per heavy atom. The van der Waals surface area contributed by atoms with Crippen LogP contribution in [-0.2, 0) is 6.54 Å². The Morgan fingerprint density at radius 3 is 2.93 bits per heavy atom. The highest BCUT2D eigenvalue weighted by atomic mass is 35.5. The van der Waals surface area contributed by atoms with Crippen LogP contribution in [0, 0.1) is 12.7 Å². The summed E-state index contributed by atoms with van der Waals surface area (Å²) in [6.45, 7) is 4.32. The number of thiazole rings is 1. The van der Waals surface area contributed by atoms with Crippen molar-refractivity contribution in [2.24, 2.45) is 10.8 Å². The molecule has 6 nitrogen and oxygen atoms in total. The van der Waals surface area contributed by atoms with Crippen molar-refractivity contribution in [1.82, 2.24) is 14.8 Å². The molecule has 0 amide bonds. The zero-order valence-electron chi connectivity index (χ0n) is 15.2. The summed E-state index contributed by atoms with van der Waals surface area (Å²) in [5.74, 6) is 0.255. The van der Waals surface area contributed by atoms with Gasteiger partial charge in [-0.05, 0) is 19.9 Å². The third-order valence-electron chi connectivity index (χ3n) is 4.29. The first-order valence-corrected chi connectivity index (χ1v) is 10.7. The average molecular weight is 437 g/mol. The van der Waals surface area contributed by atoms with Crippen LogP contribution in [0.3, 0.4) is 0 Å². The average Bonchev–Trinajstić information content (AvgIpc) is 3.38. The number of aryl methyl sites for hydroxylation is 1. The lowest BCUT2D eigenvalue weighted by atomic mass is 10.2. The van der Waals surface area contributed by atoms with Crippen molar-refractivity contribution in [3.63, 3.8) is 0 Å². The molecule has 2 atom stereocenters. The Balaban J connectivity index is 1.53. The van der Waals surface area contributed by atoms with E-state index in [0.717, 1.165) is 15.7 Å². The third kappa shape index (κ3) is 3.80. The molecule has 28 heavy (non-hydrogen) atoms. The summed E-state index contributed by atoms with van der Waals surface area (Å²) in [7, 11) is 0. The van der Waals surface area contributed by atoms with Gasteiger partial charge in [-0.2, -0.15) is 10.2 Å². The SMILES string of the molecule is Cc1csc(C(C)C2=NN(c3ccn(Cc4cccc(Cl)c4F)n3)C(N)S2)n1. The topological polar surface area (TPSA) is 72.3 Å². The van der Waals surface area contributed by atoms with Gasteiger partial charge in [0, 0.05) is 28.9 Å². The lowest BCUT2D eigenvalue weighted by Crippen LogP contribution is -2.32. The van der Waals surface area contributed by atoms with E-state index in [9.17, 15) is 4.39 Å². The number of hydrazone groups is 1. The van der Waals surface area contributed by atoms with E-state index in [-0.39, 0.29) is 23.0 Å². The minimum atomic E-state index is -0.428. The summed E-state index contributed by atoms with van der Waals surface area (Å²) < 4.78 is 15.8. The number of benzene rings is 1. The standard InChI is InChI=1S/C18H18ClFN6S2/c1-10-9-27-16(22-10)11(2)17-24-26(18(21)28-17)14-6-7-25(23-14)8-12-4-3-5-13(19)15(12)20/h3-7,9,11,18H,8,21H2,1-2H3. The second-order valence-corrected chi connectivity index (χ2v) is 8.86. The van der Waals surface area contributed by atoms with Gasteiger partial charge in [0.05, 0.1) is 17.5 Å². The molecule has 4 rings (SSSR count). The zero-order valence-corrected chi connectivity index (χ0v) is 17.6. The molecule has 1 aliphatic heterocycles. The molecule has 1 aliphatic rings. The van der Waals surface area contributed by atoms with Crippen molar-refractivity contribution < 1.29 is 4.39 Å². The summed E-state index contributed by atoms with van der Waals surface area (Å²) in [6, 6.07) is 6.74. The first-order valence-electron chi connectivity index (χ1n) is 8.60. The minimum Gasteiger partial charge on any atom is -0.301 e. The van der Waals surface area contributed by atoms with Crippen LogP contribution in [0.15, 0.2) is 40.9 Å². The lowest BCUT2D eigenvalue weighted by molar-refractivity contribution is 0.584. The predicted octanol–water partition coefficient (Wildman–Crippen LogP) is 4.40. The molecule has 0 saturated heterocycles. The zero-order chi connectivity index (χ0) is 19.8. The normalized spacial score (nSPS) is 17.8. The Hall–Kier alpha value is -1.94. The van der Waals surface area contributed by atoms with E-state index >= 15 is 0 Å². The molecule has 2 unspecified atom stereocenters. The Bertz CT molecular complexity index is 1030. The Labute approximate surface area is 175 Å². The largest absolute Gasteiger partial charge is 0.301 e. The number of thioether (sulfide) groups is 1. The number of rotatable bonds is 5. The number of hydrogen-bond acceptors (Lipinski definition) is 7. The number of hydrogen-bond donors (Lipinski definition) is 1. The summed E-state index contributed by atoms with van der Waals surface area (Å²) in [4.78, 5) is 4.54. The molecule has 0 bridgehead atoms. The van der Waals surface area contributed by atoms with Gasteiger partial charge in [-0.1, -0.05) is 35.5 Å². The first kappa shape index (κ1) is 19.4. The molecular formula is C18H18ClFN6S2. The fourth-order valence-electron chi connectivity index (χ4n) is 2.81. The van der Waals surface area contributed by atoms with Gasteiger partial charge in [0.1, 0.15) is 15.9 Å². The van der Waals surface area contributed by atoms with Gasteiger partial charge < -0.3 is 5.73 Å². The van der Waals surface area contributed by atoms with E-state index in [0.29, 0.717) is 11.4 Å². The van der Waals surface area contributed by atoms with Gasteiger partial charge in [0.2, 0.25) is 0 Å². The summed E-state index contributed by atoms with van der Waals surface area (Å²) in [6.07, 6.45) is 1.77. The minimum absolute atomic E-state index is 0.0717. The van der Waals surface area contributed by atoms with Gasteiger partial charge in [-0.15, -0.1) is 11.3 Å². The molecule has 0 spiro atoms. The van der Waals surface area contributed by atoms with Gasteiger partial charge in [-0.25, -0.2) is 14.4 Å². The van der Waals surface area contributed by atoms with E-state index in [1.165, 1.54) is 17.8 Å². The molecule has 0 radical (unpaired) electrons. The number of anilines is 1. The van der Waals surface area contributed by atoms with E-state index in [2.05, 4.69) is 22.1 Å². The summed E-state index contributed by atoms with van der Waals surface area (Å²) >= 11 is 8.96. The maximum absolute atomic E-state index is 14.1. The smallest absolute Gasteiger partial charge is 0.173 e. The van der Waals surface area contributed by atoms with Gasteiger partial charge >= 0.3 is 0 Å². The molecule has 2 aromatic heterocycles. The highest BCUT2D eigenvalue weighted by Gasteiger charge is 2.31. The van der Waals surface area contributed by atoms with Crippen LogP contribution in [0.4, 0.5) is 10.2 Å². The predicted molar refractivity (Wildman–Crippen MR) is 113 cm³/mol. The van der Waals surface area contributed by atoms with Crippen LogP contribution in [0.25, 0.3) is 0 Å². The number of aromatic nitrogens is 3. The van der Waals surface area contributed by atoms with Crippen LogP contribution in [0.2, 0.25) is 5.02 Å². The van der Waals surface area contributed by atoms with Crippen molar-refractivity contribution in [3.8, 4) is 0 Å². The molecule has 0 saturated carbocycles. The van der Waals surface area contributed by atoms with Gasteiger partial charge in [-0.3, -0.25) is 4.68 Å². The Morgan fingerprint density at radius 2 is 2.18 bits per heavy atom. The van der Waals surface area contributed by atoms with E-state index < -0.39 is 5.82 Å². The quantitative estimate of drug-likeness (QED) is 0.641. The third-order valence-corrected chi connectivity index (χ3v) is 6.85. The molecule has 1 aromatic carbocycles. The first-order chi connectivity index (χ1) is 13.4. The summed E-state index contributed by atoms with van der Waals surface area (Å²) in [5.41, 5.74) is 7.36. The second-order valence-electron chi connectivity index (χ2n) is 6.42. The summed E-state index contributed by atoms with van der Waals surface area (Å²) in [5, 5.41) is 14.9. The molecule has 10 heteroatoms. The Kier molecular flexibility index (Phi) is 5.42. The van der Waals surface area contributed by atoms with Gasteiger partial charge in [0.15, 0.2) is 11.3 Å². The molecule has 0 fully saturated rings. The lowest BCUT2D eigenvalue weighted by Gasteiger charge is -2.15. The molecule has 3 heterocycles. The van der Waals surface area contributed by atoms with Crippen LogP contribution >= 0.6 is 34.7 Å². The molecule has 146 valence electrons. The van der Waals surface area contributed by atoms with Crippen molar-refractivity contribution in [2.45, 2.75) is 31.8 Å². The fraction of sp³-hybridized carbons (Fsp3) is 0.278. The number of nitrogens with two attached hydrogens (primary N) is 1. The highest BCUT2D eigenvalue weighted by molar-refractivity contribution is 8.14. The van der Waals surface area contributed by atoms with Crippen LogP contribution in [-0.4, -0.2) is 25.3 Å². The van der Waals surface area contributed by atoms with Crippen molar-refractivity contribution in [1.29, 1.82) is 0 Å². The van der Waals surface area contributed by atoms with Crippen LogP contribution < -0.4 is 10.7 Å². The monoisotopic (exact) mass is 436 g/mol. The molecule has 0 aliphatic carbocycles. The molecule has 3 aromatic rings. The second kappa shape index (κ2) is 7.82. The van der Waals surface area contributed by atoms with E-state index in [1.54, 1.807) is 39.4 Å². The van der Waals surface area contributed by atoms with Crippen LogP contribution in [0.5, 0.6) is 0 Å². The van der Waals surface area contributed by atoms with Crippen LogP contribution in [0.1, 0.15) is 29.1 Å². The van der Waals surface area contributed by atoms with Crippen molar-refractivity contribution >= 4 is 45.6 Å².